The van der Waals surface area contributed by atoms with Gasteiger partial charge in [0.1, 0.15) is 5.82 Å². The number of carbonyl (C=O) groups is 1. The van der Waals surface area contributed by atoms with E-state index in [4.69, 9.17) is 5.11 Å². The lowest BCUT2D eigenvalue weighted by molar-refractivity contribution is 0.0697. The van der Waals surface area contributed by atoms with Crippen molar-refractivity contribution >= 4 is 11.8 Å². The average molecular weight is 251 g/mol. The largest absolute Gasteiger partial charge is 0.478 e. The van der Waals surface area contributed by atoms with E-state index in [2.05, 4.69) is 29.0 Å². The van der Waals surface area contributed by atoms with Crippen molar-refractivity contribution in [1.82, 2.24) is 9.88 Å². The summed E-state index contributed by atoms with van der Waals surface area (Å²) >= 11 is 0. The number of hydrogen-bond donors (Lipinski definition) is 2. The maximum Gasteiger partial charge on any atom is 0.335 e. The molecule has 0 aliphatic heterocycles. The molecule has 1 aromatic heterocycles. The van der Waals surface area contributed by atoms with Crippen LogP contribution in [0.15, 0.2) is 18.3 Å². The van der Waals surface area contributed by atoms with E-state index in [-0.39, 0.29) is 5.56 Å². The first-order valence-electron chi connectivity index (χ1n) is 6.33. The number of pyridine rings is 1. The minimum Gasteiger partial charge on any atom is -0.478 e. The van der Waals surface area contributed by atoms with Crippen LogP contribution in [-0.2, 0) is 0 Å². The van der Waals surface area contributed by atoms with E-state index >= 15 is 0 Å². The molecule has 0 aromatic carbocycles. The van der Waals surface area contributed by atoms with Crippen molar-refractivity contribution in [1.29, 1.82) is 0 Å². The maximum absolute atomic E-state index is 10.8. The summed E-state index contributed by atoms with van der Waals surface area (Å²) in [5.74, 6) is -0.316. The van der Waals surface area contributed by atoms with Gasteiger partial charge in [0.05, 0.1) is 5.56 Å². The van der Waals surface area contributed by atoms with Gasteiger partial charge in [-0.2, -0.15) is 0 Å². The van der Waals surface area contributed by atoms with Gasteiger partial charge in [0.2, 0.25) is 0 Å². The van der Waals surface area contributed by atoms with Crippen LogP contribution in [0.4, 0.5) is 5.82 Å². The predicted molar refractivity (Wildman–Crippen MR) is 72.1 cm³/mol. The molecule has 0 spiro atoms. The second-order valence-corrected chi connectivity index (χ2v) is 4.10. The maximum atomic E-state index is 10.8. The Labute approximate surface area is 108 Å². The number of anilines is 1. The number of aromatic carboxylic acids is 1. The Morgan fingerprint density at radius 3 is 2.83 bits per heavy atom. The summed E-state index contributed by atoms with van der Waals surface area (Å²) < 4.78 is 0. The molecule has 0 bridgehead atoms. The highest BCUT2D eigenvalue weighted by Crippen LogP contribution is 2.06. The highest BCUT2D eigenvalue weighted by molar-refractivity contribution is 5.88. The molecule has 18 heavy (non-hydrogen) atoms. The smallest absolute Gasteiger partial charge is 0.335 e. The molecule has 0 aliphatic carbocycles. The molecule has 0 saturated heterocycles. The second kappa shape index (κ2) is 7.66. The first kappa shape index (κ1) is 14.4. The van der Waals surface area contributed by atoms with Gasteiger partial charge in [0, 0.05) is 19.3 Å². The van der Waals surface area contributed by atoms with E-state index in [9.17, 15) is 4.79 Å². The summed E-state index contributed by atoms with van der Waals surface area (Å²) in [6, 6.07) is 3.04. The lowest BCUT2D eigenvalue weighted by atomic mass is 10.2. The molecule has 0 atom stereocenters. The molecule has 0 unspecified atom stereocenters. The summed E-state index contributed by atoms with van der Waals surface area (Å²) in [5.41, 5.74) is 0.258. The fraction of sp³-hybridized carbons (Fsp3) is 0.538. The van der Waals surface area contributed by atoms with Crippen LogP contribution in [0.25, 0.3) is 0 Å². The summed E-state index contributed by atoms with van der Waals surface area (Å²) in [7, 11) is 0. The number of nitrogens with zero attached hydrogens (tertiary/aromatic N) is 2. The highest BCUT2D eigenvalue weighted by atomic mass is 16.4. The van der Waals surface area contributed by atoms with Crippen molar-refractivity contribution < 1.29 is 9.90 Å². The topological polar surface area (TPSA) is 65.5 Å². The molecule has 5 nitrogen and oxygen atoms in total. The van der Waals surface area contributed by atoms with Crippen molar-refractivity contribution in [3.63, 3.8) is 0 Å². The molecule has 2 N–H and O–H groups in total. The summed E-state index contributed by atoms with van der Waals surface area (Å²) in [6.07, 6.45) is 2.65. The fourth-order valence-electron chi connectivity index (χ4n) is 1.75. The molecule has 1 heterocycles. The van der Waals surface area contributed by atoms with Gasteiger partial charge in [-0.3, -0.25) is 0 Å². The van der Waals surface area contributed by atoms with Gasteiger partial charge in [0.15, 0.2) is 0 Å². The van der Waals surface area contributed by atoms with Crippen molar-refractivity contribution in [3.8, 4) is 0 Å². The van der Waals surface area contributed by atoms with Crippen molar-refractivity contribution in [2.24, 2.45) is 0 Å². The van der Waals surface area contributed by atoms with Gasteiger partial charge in [-0.05, 0) is 31.6 Å². The van der Waals surface area contributed by atoms with Crippen LogP contribution in [-0.4, -0.2) is 47.1 Å². The van der Waals surface area contributed by atoms with E-state index in [1.54, 1.807) is 6.07 Å². The summed E-state index contributed by atoms with van der Waals surface area (Å²) in [5, 5.41) is 12.0. The SMILES string of the molecule is CCCN(CC)CCNc1cc(C(=O)O)ccn1. The Hall–Kier alpha value is -1.62. The number of nitrogens with one attached hydrogen (secondary N) is 1. The third-order valence-electron chi connectivity index (χ3n) is 2.73. The number of likely N-dealkylation sites (N-methyl/N-ethyl adjacent to an activating group) is 1. The van der Waals surface area contributed by atoms with E-state index in [1.807, 2.05) is 0 Å². The van der Waals surface area contributed by atoms with Crippen LogP contribution in [0.2, 0.25) is 0 Å². The number of carboxylic acid groups (broad SMARTS) is 1. The van der Waals surface area contributed by atoms with Gasteiger partial charge < -0.3 is 15.3 Å². The van der Waals surface area contributed by atoms with Crippen LogP contribution in [0.3, 0.4) is 0 Å². The Balaban J connectivity index is 2.43. The molecule has 1 rings (SSSR count). The van der Waals surface area contributed by atoms with Crippen molar-refractivity contribution in [2.45, 2.75) is 20.3 Å². The van der Waals surface area contributed by atoms with Gasteiger partial charge in [-0.25, -0.2) is 9.78 Å². The normalized spacial score (nSPS) is 10.6. The number of aromatic nitrogens is 1. The Morgan fingerprint density at radius 1 is 1.44 bits per heavy atom. The minimum atomic E-state index is -0.929. The Kier molecular flexibility index (Phi) is 6.14. The standard InChI is InChI=1S/C13H21N3O2/c1-3-8-16(4-2)9-7-15-12-10-11(13(17)18)5-6-14-12/h5-6,10H,3-4,7-9H2,1-2H3,(H,14,15)(H,17,18). The zero-order valence-electron chi connectivity index (χ0n) is 11.0. The molecule has 0 saturated carbocycles. The van der Waals surface area contributed by atoms with Gasteiger partial charge in [-0.1, -0.05) is 13.8 Å². The highest BCUT2D eigenvalue weighted by Gasteiger charge is 2.04. The number of hydrogen-bond acceptors (Lipinski definition) is 4. The third kappa shape index (κ3) is 4.71. The zero-order valence-corrected chi connectivity index (χ0v) is 11.0. The van der Waals surface area contributed by atoms with E-state index in [0.29, 0.717) is 5.82 Å². The lowest BCUT2D eigenvalue weighted by Crippen LogP contribution is -2.29. The molecule has 0 fully saturated rings. The van der Waals surface area contributed by atoms with Crippen LogP contribution in [0.5, 0.6) is 0 Å². The fourth-order valence-corrected chi connectivity index (χ4v) is 1.75. The monoisotopic (exact) mass is 251 g/mol. The van der Waals surface area contributed by atoms with Crippen LogP contribution >= 0.6 is 0 Å². The summed E-state index contributed by atoms with van der Waals surface area (Å²) in [6.45, 7) is 8.11. The quantitative estimate of drug-likeness (QED) is 0.739. The molecular weight excluding hydrogens is 230 g/mol. The van der Waals surface area contributed by atoms with Crippen LogP contribution < -0.4 is 5.32 Å². The van der Waals surface area contributed by atoms with Gasteiger partial charge >= 0.3 is 5.97 Å². The molecular formula is C13H21N3O2. The predicted octanol–water partition coefficient (Wildman–Crippen LogP) is 1.92. The lowest BCUT2D eigenvalue weighted by Gasteiger charge is -2.19. The van der Waals surface area contributed by atoms with E-state index in [1.165, 1.54) is 12.3 Å². The first-order chi connectivity index (χ1) is 8.67. The third-order valence-corrected chi connectivity index (χ3v) is 2.73. The van der Waals surface area contributed by atoms with Crippen LogP contribution in [0.1, 0.15) is 30.6 Å². The van der Waals surface area contributed by atoms with E-state index in [0.717, 1.165) is 32.6 Å². The number of carboxylic acids is 1. The van der Waals surface area contributed by atoms with E-state index < -0.39 is 5.97 Å². The van der Waals surface area contributed by atoms with Crippen molar-refractivity contribution in [2.75, 3.05) is 31.5 Å². The first-order valence-corrected chi connectivity index (χ1v) is 6.33. The van der Waals surface area contributed by atoms with Gasteiger partial charge in [0.25, 0.3) is 0 Å². The molecule has 0 radical (unpaired) electrons. The minimum absolute atomic E-state index is 0.258. The molecule has 1 aromatic rings. The zero-order chi connectivity index (χ0) is 13.4. The van der Waals surface area contributed by atoms with Gasteiger partial charge in [-0.15, -0.1) is 0 Å². The van der Waals surface area contributed by atoms with Crippen LogP contribution in [0, 0.1) is 0 Å². The Bertz CT molecular complexity index is 382. The molecule has 0 amide bonds. The number of rotatable bonds is 8. The molecule has 5 heteroatoms. The summed E-state index contributed by atoms with van der Waals surface area (Å²) in [4.78, 5) is 17.2. The average Bonchev–Trinajstić information content (AvgIpc) is 2.38. The second-order valence-electron chi connectivity index (χ2n) is 4.10. The molecule has 100 valence electrons. The van der Waals surface area contributed by atoms with Crippen molar-refractivity contribution in [3.05, 3.63) is 23.9 Å². The Morgan fingerprint density at radius 2 is 2.22 bits per heavy atom. The molecule has 0 aliphatic rings.